The van der Waals surface area contributed by atoms with E-state index < -0.39 is 0 Å². The van der Waals surface area contributed by atoms with Gasteiger partial charge in [-0.05, 0) is 51.0 Å². The number of piperidine rings is 1. The summed E-state index contributed by atoms with van der Waals surface area (Å²) in [5.41, 5.74) is 0. The average Bonchev–Trinajstić information content (AvgIpc) is 2.38. The lowest BCUT2D eigenvalue weighted by atomic mass is 9.87. The number of hydrogen-bond donors (Lipinski definition) is 2. The number of carbonyl (C=O) groups excluding carboxylic acids is 1. The van der Waals surface area contributed by atoms with Crippen molar-refractivity contribution >= 4 is 5.91 Å². The van der Waals surface area contributed by atoms with Crippen molar-refractivity contribution in [3.05, 3.63) is 0 Å². The SMILES string of the molecule is CC(=O)N1CCC(NCC2CCC(O)CC2)CC1. The lowest BCUT2D eigenvalue weighted by Gasteiger charge is -2.33. The van der Waals surface area contributed by atoms with Crippen LogP contribution in [-0.2, 0) is 4.79 Å². The van der Waals surface area contributed by atoms with Gasteiger partial charge in [0.1, 0.15) is 0 Å². The maximum absolute atomic E-state index is 11.2. The molecule has 0 spiro atoms. The Labute approximate surface area is 110 Å². The highest BCUT2D eigenvalue weighted by molar-refractivity contribution is 5.73. The molecule has 4 nitrogen and oxygen atoms in total. The molecule has 0 atom stereocenters. The van der Waals surface area contributed by atoms with Crippen LogP contribution in [0.25, 0.3) is 0 Å². The molecule has 0 radical (unpaired) electrons. The van der Waals surface area contributed by atoms with Gasteiger partial charge in [-0.15, -0.1) is 0 Å². The Hall–Kier alpha value is -0.610. The first-order valence-corrected chi connectivity index (χ1v) is 7.32. The third-order valence-electron chi connectivity index (χ3n) is 4.45. The Bertz CT molecular complexity index is 267. The molecule has 0 unspecified atom stereocenters. The van der Waals surface area contributed by atoms with E-state index in [1.807, 2.05) is 4.90 Å². The van der Waals surface area contributed by atoms with E-state index in [-0.39, 0.29) is 12.0 Å². The Kier molecular flexibility index (Phi) is 5.01. The molecule has 0 aromatic heterocycles. The van der Waals surface area contributed by atoms with Gasteiger partial charge >= 0.3 is 0 Å². The van der Waals surface area contributed by atoms with Crippen LogP contribution >= 0.6 is 0 Å². The number of aliphatic hydroxyl groups is 1. The molecule has 1 saturated heterocycles. The standard InChI is InChI=1S/C14H26N2O2/c1-11(17)16-8-6-13(7-9-16)15-10-12-2-4-14(18)5-3-12/h12-15,18H,2-10H2,1H3. The second kappa shape index (κ2) is 6.53. The number of hydrogen-bond acceptors (Lipinski definition) is 3. The van der Waals surface area contributed by atoms with Crippen molar-refractivity contribution in [3.8, 4) is 0 Å². The van der Waals surface area contributed by atoms with Gasteiger partial charge in [-0.1, -0.05) is 0 Å². The van der Waals surface area contributed by atoms with E-state index in [0.717, 1.165) is 64.1 Å². The zero-order valence-corrected chi connectivity index (χ0v) is 11.4. The molecular formula is C14H26N2O2. The van der Waals surface area contributed by atoms with Crippen molar-refractivity contribution < 1.29 is 9.90 Å². The number of rotatable bonds is 3. The molecule has 18 heavy (non-hydrogen) atoms. The highest BCUT2D eigenvalue weighted by Crippen LogP contribution is 2.24. The molecule has 104 valence electrons. The Morgan fingerprint density at radius 2 is 1.78 bits per heavy atom. The first-order chi connectivity index (χ1) is 8.65. The van der Waals surface area contributed by atoms with Crippen LogP contribution in [0.5, 0.6) is 0 Å². The first-order valence-electron chi connectivity index (χ1n) is 7.32. The summed E-state index contributed by atoms with van der Waals surface area (Å²) in [5.74, 6) is 0.939. The van der Waals surface area contributed by atoms with Gasteiger partial charge in [0.2, 0.25) is 5.91 Å². The minimum absolute atomic E-state index is 0.0555. The van der Waals surface area contributed by atoms with Gasteiger partial charge in [0.05, 0.1) is 6.10 Å². The normalized spacial score (nSPS) is 30.4. The first kappa shape index (κ1) is 13.8. The van der Waals surface area contributed by atoms with E-state index in [9.17, 15) is 9.90 Å². The third-order valence-corrected chi connectivity index (χ3v) is 4.45. The van der Waals surface area contributed by atoms with Crippen LogP contribution in [0.3, 0.4) is 0 Å². The molecule has 1 heterocycles. The van der Waals surface area contributed by atoms with Crippen molar-refractivity contribution in [1.82, 2.24) is 10.2 Å². The fourth-order valence-corrected chi connectivity index (χ4v) is 3.08. The number of amides is 1. The Morgan fingerprint density at radius 1 is 1.17 bits per heavy atom. The van der Waals surface area contributed by atoms with Crippen LogP contribution in [0.4, 0.5) is 0 Å². The molecule has 2 N–H and O–H groups in total. The van der Waals surface area contributed by atoms with Crippen LogP contribution in [-0.4, -0.2) is 47.7 Å². The van der Waals surface area contributed by atoms with Crippen LogP contribution in [0, 0.1) is 5.92 Å². The molecule has 2 rings (SSSR count). The molecule has 1 amide bonds. The van der Waals surface area contributed by atoms with E-state index in [2.05, 4.69) is 5.32 Å². The van der Waals surface area contributed by atoms with E-state index >= 15 is 0 Å². The molecular weight excluding hydrogens is 228 g/mol. The second-order valence-corrected chi connectivity index (χ2v) is 5.86. The van der Waals surface area contributed by atoms with Crippen molar-refractivity contribution in [3.63, 3.8) is 0 Å². The van der Waals surface area contributed by atoms with Gasteiger partial charge in [0.15, 0.2) is 0 Å². The molecule has 1 saturated carbocycles. The molecule has 0 aromatic rings. The maximum Gasteiger partial charge on any atom is 0.219 e. The molecule has 2 fully saturated rings. The third kappa shape index (κ3) is 3.95. The quantitative estimate of drug-likeness (QED) is 0.794. The van der Waals surface area contributed by atoms with E-state index in [1.165, 1.54) is 0 Å². The summed E-state index contributed by atoms with van der Waals surface area (Å²) in [6.45, 7) is 4.53. The number of likely N-dealkylation sites (tertiary alicyclic amines) is 1. The lowest BCUT2D eigenvalue weighted by molar-refractivity contribution is -0.129. The molecule has 1 aliphatic heterocycles. The summed E-state index contributed by atoms with van der Waals surface area (Å²) in [7, 11) is 0. The minimum atomic E-state index is -0.0555. The molecule has 0 aromatic carbocycles. The van der Waals surface area contributed by atoms with E-state index in [4.69, 9.17) is 0 Å². The monoisotopic (exact) mass is 254 g/mol. The summed E-state index contributed by atoms with van der Waals surface area (Å²) < 4.78 is 0. The highest BCUT2D eigenvalue weighted by Gasteiger charge is 2.23. The maximum atomic E-state index is 11.2. The van der Waals surface area contributed by atoms with Gasteiger partial charge in [-0.2, -0.15) is 0 Å². The predicted octanol–water partition coefficient (Wildman–Crippen LogP) is 1.14. The largest absolute Gasteiger partial charge is 0.393 e. The van der Waals surface area contributed by atoms with Crippen LogP contribution in [0.2, 0.25) is 0 Å². The molecule has 4 heteroatoms. The van der Waals surface area contributed by atoms with Crippen LogP contribution in [0.1, 0.15) is 45.4 Å². The molecule has 1 aliphatic carbocycles. The van der Waals surface area contributed by atoms with Crippen molar-refractivity contribution in [1.29, 1.82) is 0 Å². The second-order valence-electron chi connectivity index (χ2n) is 5.86. The lowest BCUT2D eigenvalue weighted by Crippen LogP contribution is -2.45. The zero-order valence-electron chi connectivity index (χ0n) is 11.4. The summed E-state index contributed by atoms with van der Waals surface area (Å²) in [4.78, 5) is 13.2. The number of aliphatic hydroxyl groups excluding tert-OH is 1. The minimum Gasteiger partial charge on any atom is -0.393 e. The summed E-state index contributed by atoms with van der Waals surface area (Å²) in [6, 6.07) is 0.576. The van der Waals surface area contributed by atoms with Crippen molar-refractivity contribution in [2.45, 2.75) is 57.6 Å². The Morgan fingerprint density at radius 3 is 2.33 bits per heavy atom. The van der Waals surface area contributed by atoms with E-state index in [0.29, 0.717) is 6.04 Å². The number of nitrogens with zero attached hydrogens (tertiary/aromatic N) is 1. The van der Waals surface area contributed by atoms with Crippen molar-refractivity contribution in [2.75, 3.05) is 19.6 Å². The summed E-state index contributed by atoms with van der Waals surface area (Å²) in [6.07, 6.45) is 6.34. The van der Waals surface area contributed by atoms with Crippen LogP contribution < -0.4 is 5.32 Å². The molecule has 0 bridgehead atoms. The Balaban J connectivity index is 1.62. The van der Waals surface area contributed by atoms with Gasteiger partial charge in [-0.3, -0.25) is 4.79 Å². The van der Waals surface area contributed by atoms with Gasteiger partial charge in [-0.25, -0.2) is 0 Å². The summed E-state index contributed by atoms with van der Waals surface area (Å²) >= 11 is 0. The fourth-order valence-electron chi connectivity index (χ4n) is 3.08. The predicted molar refractivity (Wildman–Crippen MR) is 71.2 cm³/mol. The topological polar surface area (TPSA) is 52.6 Å². The van der Waals surface area contributed by atoms with Gasteiger partial charge < -0.3 is 15.3 Å². The van der Waals surface area contributed by atoms with Crippen molar-refractivity contribution in [2.24, 2.45) is 5.92 Å². The van der Waals surface area contributed by atoms with Gasteiger partial charge in [0, 0.05) is 26.1 Å². The fraction of sp³-hybridized carbons (Fsp3) is 0.929. The summed E-state index contributed by atoms with van der Waals surface area (Å²) in [5, 5.41) is 13.1. The average molecular weight is 254 g/mol. The van der Waals surface area contributed by atoms with Crippen LogP contribution in [0.15, 0.2) is 0 Å². The number of carbonyl (C=O) groups is 1. The number of nitrogens with one attached hydrogen (secondary N) is 1. The zero-order chi connectivity index (χ0) is 13.0. The van der Waals surface area contributed by atoms with E-state index in [1.54, 1.807) is 6.92 Å². The van der Waals surface area contributed by atoms with Gasteiger partial charge in [0.25, 0.3) is 0 Å². The molecule has 2 aliphatic rings. The smallest absolute Gasteiger partial charge is 0.219 e. The highest BCUT2D eigenvalue weighted by atomic mass is 16.3.